The average Bonchev–Trinajstić information content (AvgIpc) is 3.06. The highest BCUT2D eigenvalue weighted by Gasteiger charge is 2.24. The first kappa shape index (κ1) is 16.3. The Balaban J connectivity index is 1.73. The molecule has 0 aliphatic heterocycles. The summed E-state index contributed by atoms with van der Waals surface area (Å²) in [6.07, 6.45) is 3.14. The van der Waals surface area contributed by atoms with E-state index in [0.29, 0.717) is 12.8 Å². The van der Waals surface area contributed by atoms with E-state index in [1.165, 1.54) is 18.2 Å². The highest BCUT2D eigenvalue weighted by Crippen LogP contribution is 2.38. The molecule has 0 unspecified atom stereocenters. The number of alkyl halides is 2. The van der Waals surface area contributed by atoms with Gasteiger partial charge in [0.1, 0.15) is 5.75 Å². The van der Waals surface area contributed by atoms with E-state index >= 15 is 0 Å². The van der Waals surface area contributed by atoms with Crippen molar-refractivity contribution in [3.05, 3.63) is 65.4 Å². The summed E-state index contributed by atoms with van der Waals surface area (Å²) in [6.45, 7) is -2.87. The van der Waals surface area contributed by atoms with E-state index in [9.17, 15) is 13.6 Å². The smallest absolute Gasteiger partial charge is 0.387 e. The standard InChI is InChI=1S/C19H14F2N2O3/c20-19(21)26-16-3-1-2-15-14(16)9-6-12-10-23(22-17(12)15)13-7-4-11(5-8-13)18(24)25/h1-5,7-8,10,19H,6,9H2,(H,24,25). The van der Waals surface area contributed by atoms with Crippen LogP contribution in [0.3, 0.4) is 0 Å². The molecule has 3 aromatic rings. The highest BCUT2D eigenvalue weighted by atomic mass is 19.3. The monoisotopic (exact) mass is 356 g/mol. The molecular weight excluding hydrogens is 342 g/mol. The summed E-state index contributed by atoms with van der Waals surface area (Å²) < 4.78 is 31.5. The molecule has 0 saturated heterocycles. The first-order valence-electron chi connectivity index (χ1n) is 8.02. The molecule has 0 spiro atoms. The molecule has 0 bridgehead atoms. The largest absolute Gasteiger partial charge is 0.478 e. The topological polar surface area (TPSA) is 64.3 Å². The van der Waals surface area contributed by atoms with E-state index in [2.05, 4.69) is 9.84 Å². The van der Waals surface area contributed by atoms with Crippen LogP contribution in [0.15, 0.2) is 48.7 Å². The van der Waals surface area contributed by atoms with Gasteiger partial charge in [0.2, 0.25) is 0 Å². The average molecular weight is 356 g/mol. The molecule has 132 valence electrons. The van der Waals surface area contributed by atoms with Gasteiger partial charge in [-0.05, 0) is 48.7 Å². The molecule has 0 fully saturated rings. The zero-order valence-electron chi connectivity index (χ0n) is 13.5. The summed E-state index contributed by atoms with van der Waals surface area (Å²) >= 11 is 0. The molecule has 0 radical (unpaired) electrons. The van der Waals surface area contributed by atoms with Crippen molar-refractivity contribution in [3.8, 4) is 22.7 Å². The maximum atomic E-state index is 12.6. The molecule has 0 amide bonds. The maximum absolute atomic E-state index is 12.6. The maximum Gasteiger partial charge on any atom is 0.387 e. The zero-order valence-corrected chi connectivity index (χ0v) is 13.5. The Morgan fingerprint density at radius 2 is 1.92 bits per heavy atom. The Hall–Kier alpha value is -3.22. The van der Waals surface area contributed by atoms with Crippen molar-refractivity contribution in [1.82, 2.24) is 9.78 Å². The quantitative estimate of drug-likeness (QED) is 0.769. The molecule has 1 aromatic heterocycles. The van der Waals surface area contributed by atoms with Crippen molar-refractivity contribution in [2.24, 2.45) is 0 Å². The predicted octanol–water partition coefficient (Wildman–Crippen LogP) is 3.94. The molecule has 1 heterocycles. The number of carbonyl (C=O) groups is 1. The summed E-state index contributed by atoms with van der Waals surface area (Å²) in [6, 6.07) is 11.4. The number of halogens is 2. The second-order valence-corrected chi connectivity index (χ2v) is 5.96. The van der Waals surface area contributed by atoms with E-state index in [1.807, 2.05) is 12.3 Å². The molecule has 2 aromatic carbocycles. The third-order valence-corrected chi connectivity index (χ3v) is 4.42. The van der Waals surface area contributed by atoms with Gasteiger partial charge in [0.05, 0.1) is 16.9 Å². The van der Waals surface area contributed by atoms with Crippen LogP contribution in [-0.4, -0.2) is 27.5 Å². The van der Waals surface area contributed by atoms with Crippen LogP contribution in [0.1, 0.15) is 21.5 Å². The molecule has 7 heteroatoms. The fourth-order valence-corrected chi connectivity index (χ4v) is 3.22. The van der Waals surface area contributed by atoms with E-state index in [4.69, 9.17) is 5.11 Å². The van der Waals surface area contributed by atoms with Gasteiger partial charge in [0.25, 0.3) is 0 Å². The second kappa shape index (κ2) is 6.25. The number of benzene rings is 2. The zero-order chi connectivity index (χ0) is 18.3. The number of fused-ring (bicyclic) bond motifs is 3. The van der Waals surface area contributed by atoms with E-state index in [-0.39, 0.29) is 11.3 Å². The highest BCUT2D eigenvalue weighted by molar-refractivity contribution is 5.87. The van der Waals surface area contributed by atoms with Gasteiger partial charge in [-0.15, -0.1) is 0 Å². The third kappa shape index (κ3) is 2.81. The molecule has 0 saturated carbocycles. The minimum absolute atomic E-state index is 0.184. The third-order valence-electron chi connectivity index (χ3n) is 4.42. The van der Waals surface area contributed by atoms with Gasteiger partial charge < -0.3 is 9.84 Å². The van der Waals surface area contributed by atoms with Gasteiger partial charge >= 0.3 is 12.6 Å². The number of nitrogens with zero attached hydrogens (tertiary/aromatic N) is 2. The van der Waals surface area contributed by atoms with Gasteiger partial charge in [-0.1, -0.05) is 12.1 Å². The minimum Gasteiger partial charge on any atom is -0.478 e. The number of hydrogen-bond donors (Lipinski definition) is 1. The van der Waals surface area contributed by atoms with E-state index in [0.717, 1.165) is 28.1 Å². The van der Waals surface area contributed by atoms with Crippen LogP contribution in [0.4, 0.5) is 8.78 Å². The number of hydrogen-bond acceptors (Lipinski definition) is 3. The van der Waals surface area contributed by atoms with Crippen molar-refractivity contribution in [2.45, 2.75) is 19.5 Å². The molecule has 4 rings (SSSR count). The molecule has 26 heavy (non-hydrogen) atoms. The summed E-state index contributed by atoms with van der Waals surface area (Å²) in [5.41, 5.74) is 4.18. The number of aromatic nitrogens is 2. The second-order valence-electron chi connectivity index (χ2n) is 5.96. The number of rotatable bonds is 4. The van der Waals surface area contributed by atoms with Gasteiger partial charge in [0.15, 0.2) is 0 Å². The lowest BCUT2D eigenvalue weighted by Crippen LogP contribution is -2.09. The van der Waals surface area contributed by atoms with Gasteiger partial charge in [-0.3, -0.25) is 0 Å². The van der Waals surface area contributed by atoms with Gasteiger partial charge in [-0.25, -0.2) is 9.48 Å². The van der Waals surface area contributed by atoms with Gasteiger partial charge in [-0.2, -0.15) is 13.9 Å². The Kier molecular flexibility index (Phi) is 3.91. The van der Waals surface area contributed by atoms with Crippen molar-refractivity contribution in [1.29, 1.82) is 0 Å². The summed E-state index contributed by atoms with van der Waals surface area (Å²) in [5.74, 6) is -0.805. The SMILES string of the molecule is O=C(O)c1ccc(-n2cc3c(n2)-c2cccc(OC(F)F)c2CC3)cc1. The lowest BCUT2D eigenvalue weighted by atomic mass is 9.90. The lowest BCUT2D eigenvalue weighted by Gasteiger charge is -2.18. The van der Waals surface area contributed by atoms with E-state index in [1.54, 1.807) is 22.9 Å². The van der Waals surface area contributed by atoms with Crippen LogP contribution in [0.2, 0.25) is 0 Å². The van der Waals surface area contributed by atoms with Crippen LogP contribution in [0.25, 0.3) is 16.9 Å². The summed E-state index contributed by atoms with van der Waals surface area (Å²) in [5, 5.41) is 13.6. The Morgan fingerprint density at radius 3 is 2.62 bits per heavy atom. The fraction of sp³-hybridized carbons (Fsp3) is 0.158. The number of aromatic carboxylic acids is 1. The Bertz CT molecular complexity index is 981. The van der Waals surface area contributed by atoms with Crippen LogP contribution < -0.4 is 4.74 Å². The Labute approximate surface area is 147 Å². The molecule has 0 atom stereocenters. The molecule has 5 nitrogen and oxygen atoms in total. The molecule has 1 N–H and O–H groups in total. The van der Waals surface area contributed by atoms with Gasteiger partial charge in [0, 0.05) is 17.3 Å². The number of aryl methyl sites for hydroxylation is 1. The fourth-order valence-electron chi connectivity index (χ4n) is 3.22. The van der Waals surface area contributed by atoms with Crippen molar-refractivity contribution in [3.63, 3.8) is 0 Å². The summed E-state index contributed by atoms with van der Waals surface area (Å²) in [4.78, 5) is 11.0. The predicted molar refractivity (Wildman–Crippen MR) is 90.0 cm³/mol. The van der Waals surface area contributed by atoms with Crippen LogP contribution >= 0.6 is 0 Å². The van der Waals surface area contributed by atoms with Crippen molar-refractivity contribution < 1.29 is 23.4 Å². The number of carboxylic acid groups (broad SMARTS) is 1. The van der Waals surface area contributed by atoms with E-state index < -0.39 is 12.6 Å². The van der Waals surface area contributed by atoms with Crippen LogP contribution in [0, 0.1) is 0 Å². The molecule has 1 aliphatic rings. The normalized spacial score (nSPS) is 12.6. The molecular formula is C19H14F2N2O3. The van der Waals surface area contributed by atoms with Crippen molar-refractivity contribution in [2.75, 3.05) is 0 Å². The lowest BCUT2D eigenvalue weighted by molar-refractivity contribution is -0.0504. The number of ether oxygens (including phenoxy) is 1. The summed E-state index contributed by atoms with van der Waals surface area (Å²) in [7, 11) is 0. The Morgan fingerprint density at radius 1 is 1.15 bits per heavy atom. The minimum atomic E-state index is -2.87. The number of carboxylic acids is 1. The first-order chi connectivity index (χ1) is 12.5. The van der Waals surface area contributed by atoms with Crippen LogP contribution in [-0.2, 0) is 12.8 Å². The molecule has 1 aliphatic carbocycles. The van der Waals surface area contributed by atoms with Crippen LogP contribution in [0.5, 0.6) is 5.75 Å². The van der Waals surface area contributed by atoms with Crippen molar-refractivity contribution >= 4 is 5.97 Å². The first-order valence-corrected chi connectivity index (χ1v) is 8.02.